The Kier molecular flexibility index (Phi) is 4.52. The molecule has 0 aromatic carbocycles. The number of nitrogens with zero attached hydrogens (tertiary/aromatic N) is 1. The number of aromatic nitrogens is 1. The molecule has 1 fully saturated rings. The molecule has 1 aliphatic heterocycles. The quantitative estimate of drug-likeness (QED) is 0.611. The van der Waals surface area contributed by atoms with Crippen molar-refractivity contribution < 1.29 is 9.47 Å². The minimum absolute atomic E-state index is 0.0459. The summed E-state index contributed by atoms with van der Waals surface area (Å²) in [6.45, 7) is 5.56. The number of nitrogens with two attached hydrogens (primary N) is 1. The normalized spacial score (nSPS) is 25.1. The fourth-order valence-corrected chi connectivity index (χ4v) is 2.38. The monoisotopic (exact) mass is 251 g/mol. The molecule has 5 nitrogen and oxygen atoms in total. The molecule has 3 atom stereocenters. The molecular formula is C13H21N3O2. The fourth-order valence-electron chi connectivity index (χ4n) is 2.38. The van der Waals surface area contributed by atoms with Crippen molar-refractivity contribution in [3.8, 4) is 5.75 Å². The van der Waals surface area contributed by atoms with E-state index in [0.29, 0.717) is 12.5 Å². The second-order valence-electron chi connectivity index (χ2n) is 4.63. The highest BCUT2D eigenvalue weighted by atomic mass is 16.5. The Morgan fingerprint density at radius 2 is 2.44 bits per heavy atom. The Hall–Kier alpha value is -1.17. The van der Waals surface area contributed by atoms with E-state index in [4.69, 9.17) is 15.3 Å². The lowest BCUT2D eigenvalue weighted by Crippen LogP contribution is -2.38. The summed E-state index contributed by atoms with van der Waals surface area (Å²) in [5.74, 6) is 6.92. The van der Waals surface area contributed by atoms with Gasteiger partial charge in [0.15, 0.2) is 0 Å². The highest BCUT2D eigenvalue weighted by molar-refractivity contribution is 5.27. The Labute approximate surface area is 108 Å². The van der Waals surface area contributed by atoms with E-state index in [0.717, 1.165) is 24.3 Å². The molecule has 0 spiro atoms. The molecule has 1 saturated heterocycles. The third-order valence-corrected chi connectivity index (χ3v) is 3.36. The van der Waals surface area contributed by atoms with Gasteiger partial charge in [-0.15, -0.1) is 0 Å². The lowest BCUT2D eigenvalue weighted by atomic mass is 9.94. The maximum Gasteiger partial charge on any atom is 0.137 e. The van der Waals surface area contributed by atoms with E-state index in [1.54, 1.807) is 12.4 Å². The van der Waals surface area contributed by atoms with Crippen LogP contribution in [0, 0.1) is 5.92 Å². The molecule has 3 unspecified atom stereocenters. The first-order valence-corrected chi connectivity index (χ1v) is 6.41. The number of hydrogen-bond donors (Lipinski definition) is 2. The van der Waals surface area contributed by atoms with E-state index in [9.17, 15) is 0 Å². The van der Waals surface area contributed by atoms with E-state index in [1.165, 1.54) is 0 Å². The summed E-state index contributed by atoms with van der Waals surface area (Å²) in [6, 6.07) is 1.92. The molecule has 1 aromatic rings. The van der Waals surface area contributed by atoms with E-state index in [1.807, 2.05) is 13.0 Å². The highest BCUT2D eigenvalue weighted by Crippen LogP contribution is 2.31. The van der Waals surface area contributed by atoms with E-state index in [2.05, 4.69) is 17.3 Å². The molecule has 0 bridgehead atoms. The molecule has 5 heteroatoms. The molecule has 100 valence electrons. The van der Waals surface area contributed by atoms with Crippen LogP contribution in [0.1, 0.15) is 31.9 Å². The number of hydrazine groups is 1. The van der Waals surface area contributed by atoms with Crippen LogP contribution in [-0.4, -0.2) is 24.3 Å². The van der Waals surface area contributed by atoms with Crippen molar-refractivity contribution in [2.45, 2.75) is 32.4 Å². The van der Waals surface area contributed by atoms with Gasteiger partial charge in [0.25, 0.3) is 0 Å². The highest BCUT2D eigenvalue weighted by Gasteiger charge is 2.32. The van der Waals surface area contributed by atoms with Crippen molar-refractivity contribution in [1.29, 1.82) is 0 Å². The van der Waals surface area contributed by atoms with Gasteiger partial charge < -0.3 is 9.47 Å². The largest absolute Gasteiger partial charge is 0.492 e. The molecule has 0 aliphatic carbocycles. The molecule has 1 aliphatic rings. The van der Waals surface area contributed by atoms with E-state index < -0.39 is 0 Å². The van der Waals surface area contributed by atoms with E-state index >= 15 is 0 Å². The first kappa shape index (κ1) is 13.3. The third-order valence-electron chi connectivity index (χ3n) is 3.36. The maximum absolute atomic E-state index is 5.76. The predicted octanol–water partition coefficient (Wildman–Crippen LogP) is 1.41. The van der Waals surface area contributed by atoms with Crippen molar-refractivity contribution in [2.75, 3.05) is 13.2 Å². The molecule has 3 N–H and O–H groups in total. The van der Waals surface area contributed by atoms with Crippen molar-refractivity contribution in [2.24, 2.45) is 11.8 Å². The first-order chi connectivity index (χ1) is 8.76. The lowest BCUT2D eigenvalue weighted by Gasteiger charge is -2.25. The second-order valence-corrected chi connectivity index (χ2v) is 4.63. The van der Waals surface area contributed by atoms with Crippen molar-refractivity contribution >= 4 is 0 Å². The van der Waals surface area contributed by atoms with Crippen molar-refractivity contribution in [3.05, 3.63) is 24.0 Å². The standard InChI is InChI=1S/C13H21N3O2/c1-3-17-11-6-10(7-15-8-11)12(16-14)13-9(2)4-5-18-13/h6-9,12-13,16H,3-5,14H2,1-2H3. The zero-order valence-corrected chi connectivity index (χ0v) is 10.9. The minimum atomic E-state index is -0.0459. The first-order valence-electron chi connectivity index (χ1n) is 6.41. The SMILES string of the molecule is CCOc1cncc(C(NN)C2OCCC2C)c1. The summed E-state index contributed by atoms with van der Waals surface area (Å²) in [6.07, 6.45) is 4.68. The van der Waals surface area contributed by atoms with Gasteiger partial charge >= 0.3 is 0 Å². The second kappa shape index (κ2) is 6.13. The Morgan fingerprint density at radius 1 is 1.61 bits per heavy atom. The van der Waals surface area contributed by atoms with Gasteiger partial charge in [-0.3, -0.25) is 16.3 Å². The van der Waals surface area contributed by atoms with Gasteiger partial charge in [0.05, 0.1) is 24.9 Å². The fraction of sp³-hybridized carbons (Fsp3) is 0.615. The van der Waals surface area contributed by atoms with Crippen LogP contribution in [0.15, 0.2) is 18.5 Å². The summed E-state index contributed by atoms with van der Waals surface area (Å²) in [5.41, 5.74) is 3.84. The minimum Gasteiger partial charge on any atom is -0.492 e. The maximum atomic E-state index is 5.76. The number of rotatable bonds is 5. The number of pyridine rings is 1. The van der Waals surface area contributed by atoms with Crippen molar-refractivity contribution in [1.82, 2.24) is 10.4 Å². The number of nitrogens with one attached hydrogen (secondary N) is 1. The van der Waals surface area contributed by atoms with Crippen LogP contribution in [0.3, 0.4) is 0 Å². The van der Waals surface area contributed by atoms with Gasteiger partial charge in [0, 0.05) is 12.8 Å². The summed E-state index contributed by atoms with van der Waals surface area (Å²) < 4.78 is 11.2. The molecule has 2 heterocycles. The topological polar surface area (TPSA) is 69.4 Å². The van der Waals surface area contributed by atoms with E-state index in [-0.39, 0.29) is 12.1 Å². The Bertz CT molecular complexity index is 386. The van der Waals surface area contributed by atoms with Gasteiger partial charge in [0.2, 0.25) is 0 Å². The summed E-state index contributed by atoms with van der Waals surface area (Å²) in [7, 11) is 0. The molecule has 0 saturated carbocycles. The van der Waals surface area contributed by atoms with Crippen molar-refractivity contribution in [3.63, 3.8) is 0 Å². The summed E-state index contributed by atoms with van der Waals surface area (Å²) >= 11 is 0. The van der Waals surface area contributed by atoms with Crippen LogP contribution in [0.25, 0.3) is 0 Å². The van der Waals surface area contributed by atoms with Gasteiger partial charge in [-0.1, -0.05) is 6.92 Å². The smallest absolute Gasteiger partial charge is 0.137 e. The Morgan fingerprint density at radius 3 is 3.06 bits per heavy atom. The van der Waals surface area contributed by atoms with Gasteiger partial charge in [0.1, 0.15) is 5.75 Å². The van der Waals surface area contributed by atoms with Crippen LogP contribution in [0.2, 0.25) is 0 Å². The van der Waals surface area contributed by atoms with Crippen LogP contribution in [0.5, 0.6) is 5.75 Å². The third kappa shape index (κ3) is 2.80. The zero-order valence-electron chi connectivity index (χ0n) is 10.9. The van der Waals surface area contributed by atoms with Crippen LogP contribution >= 0.6 is 0 Å². The van der Waals surface area contributed by atoms with Gasteiger partial charge in [-0.05, 0) is 30.9 Å². The average Bonchev–Trinajstić information content (AvgIpc) is 2.78. The summed E-state index contributed by atoms with van der Waals surface area (Å²) in [5, 5.41) is 0. The zero-order chi connectivity index (χ0) is 13.0. The number of ether oxygens (including phenoxy) is 2. The van der Waals surface area contributed by atoms with Crippen LogP contribution < -0.4 is 16.0 Å². The predicted molar refractivity (Wildman–Crippen MR) is 69.0 cm³/mol. The average molecular weight is 251 g/mol. The molecular weight excluding hydrogens is 230 g/mol. The van der Waals surface area contributed by atoms with Gasteiger partial charge in [-0.25, -0.2) is 0 Å². The van der Waals surface area contributed by atoms with Crippen LogP contribution in [0.4, 0.5) is 0 Å². The van der Waals surface area contributed by atoms with Gasteiger partial charge in [-0.2, -0.15) is 0 Å². The Balaban J connectivity index is 2.18. The lowest BCUT2D eigenvalue weighted by molar-refractivity contribution is 0.0605. The summed E-state index contributed by atoms with van der Waals surface area (Å²) in [4.78, 5) is 4.19. The molecule has 0 amide bonds. The molecule has 1 aromatic heterocycles. The number of hydrogen-bond acceptors (Lipinski definition) is 5. The molecule has 0 radical (unpaired) electrons. The van der Waals surface area contributed by atoms with Crippen LogP contribution in [-0.2, 0) is 4.74 Å². The molecule has 18 heavy (non-hydrogen) atoms. The molecule has 2 rings (SSSR count).